The molecule has 0 aliphatic carbocycles. The Bertz CT molecular complexity index is 252. The van der Waals surface area contributed by atoms with Crippen molar-refractivity contribution in [3.63, 3.8) is 0 Å². The standard InChI is InChI=1S/C10H17N3O3/c14-8-6-9(15)12-3-1-2-11-4-5-13-10(16)7-8/h11H,1-7H2,(H,12,15)(H,13,16). The highest BCUT2D eigenvalue weighted by Crippen LogP contribution is 1.91. The summed E-state index contributed by atoms with van der Waals surface area (Å²) < 4.78 is 0. The van der Waals surface area contributed by atoms with Crippen molar-refractivity contribution in [1.29, 1.82) is 0 Å². The number of carbonyl (C=O) groups is 3. The summed E-state index contributed by atoms with van der Waals surface area (Å²) in [6.45, 7) is 2.52. The van der Waals surface area contributed by atoms with Crippen molar-refractivity contribution in [3.8, 4) is 0 Å². The van der Waals surface area contributed by atoms with Gasteiger partial charge >= 0.3 is 0 Å². The lowest BCUT2D eigenvalue weighted by atomic mass is 10.2. The van der Waals surface area contributed by atoms with Crippen molar-refractivity contribution in [2.24, 2.45) is 0 Å². The van der Waals surface area contributed by atoms with E-state index >= 15 is 0 Å². The molecular weight excluding hydrogens is 210 g/mol. The Morgan fingerprint density at radius 1 is 0.750 bits per heavy atom. The summed E-state index contributed by atoms with van der Waals surface area (Å²) in [6, 6.07) is 0. The van der Waals surface area contributed by atoms with E-state index in [1.807, 2.05) is 0 Å². The summed E-state index contributed by atoms with van der Waals surface area (Å²) in [6.07, 6.45) is 0.391. The van der Waals surface area contributed by atoms with Crippen LogP contribution in [-0.4, -0.2) is 43.8 Å². The van der Waals surface area contributed by atoms with Crippen LogP contribution in [0.4, 0.5) is 0 Å². The highest BCUT2D eigenvalue weighted by Gasteiger charge is 2.13. The van der Waals surface area contributed by atoms with E-state index in [9.17, 15) is 14.4 Å². The van der Waals surface area contributed by atoms with Crippen molar-refractivity contribution < 1.29 is 14.4 Å². The minimum atomic E-state index is -0.345. The number of hydrogen-bond donors (Lipinski definition) is 3. The van der Waals surface area contributed by atoms with Gasteiger partial charge in [0.2, 0.25) is 11.8 Å². The van der Waals surface area contributed by atoms with Gasteiger partial charge < -0.3 is 16.0 Å². The molecular formula is C10H17N3O3. The molecule has 0 spiro atoms. The summed E-state index contributed by atoms with van der Waals surface area (Å²) in [5.74, 6) is -0.974. The van der Waals surface area contributed by atoms with Crippen LogP contribution in [-0.2, 0) is 14.4 Å². The van der Waals surface area contributed by atoms with Gasteiger partial charge in [-0.3, -0.25) is 14.4 Å². The van der Waals surface area contributed by atoms with Crippen molar-refractivity contribution in [1.82, 2.24) is 16.0 Å². The van der Waals surface area contributed by atoms with Gasteiger partial charge in [-0.05, 0) is 13.0 Å². The van der Waals surface area contributed by atoms with Gasteiger partial charge in [0.1, 0.15) is 0 Å². The van der Waals surface area contributed by atoms with Crippen LogP contribution < -0.4 is 16.0 Å². The fourth-order valence-corrected chi connectivity index (χ4v) is 1.40. The fraction of sp³-hybridized carbons (Fsp3) is 0.700. The molecule has 1 saturated heterocycles. The third kappa shape index (κ3) is 5.45. The molecule has 0 unspecified atom stereocenters. The molecule has 0 aromatic rings. The topological polar surface area (TPSA) is 87.3 Å². The van der Waals surface area contributed by atoms with Crippen LogP contribution in [0.3, 0.4) is 0 Å². The fourth-order valence-electron chi connectivity index (χ4n) is 1.40. The van der Waals surface area contributed by atoms with Gasteiger partial charge in [-0.15, -0.1) is 0 Å². The Labute approximate surface area is 94.2 Å². The zero-order valence-electron chi connectivity index (χ0n) is 9.17. The third-order valence-corrected chi connectivity index (χ3v) is 2.19. The molecule has 3 N–H and O–H groups in total. The summed E-state index contributed by atoms with van der Waals surface area (Å²) in [5, 5.41) is 8.37. The van der Waals surface area contributed by atoms with Crippen LogP contribution in [0, 0.1) is 0 Å². The summed E-state index contributed by atoms with van der Waals surface area (Å²) in [7, 11) is 0. The van der Waals surface area contributed by atoms with E-state index in [-0.39, 0.29) is 30.4 Å². The Balaban J connectivity index is 2.43. The molecule has 16 heavy (non-hydrogen) atoms. The minimum absolute atomic E-state index is 0.207. The molecule has 1 rings (SSSR count). The maximum Gasteiger partial charge on any atom is 0.227 e. The van der Waals surface area contributed by atoms with Crippen LogP contribution >= 0.6 is 0 Å². The molecule has 0 aromatic carbocycles. The molecule has 1 heterocycles. The highest BCUT2D eigenvalue weighted by molar-refractivity contribution is 6.06. The first-order chi connectivity index (χ1) is 7.68. The first kappa shape index (κ1) is 12.6. The molecule has 6 heteroatoms. The second kappa shape index (κ2) is 6.95. The van der Waals surface area contributed by atoms with Gasteiger partial charge in [0.05, 0.1) is 12.8 Å². The molecule has 1 aliphatic rings. The summed E-state index contributed by atoms with van der Waals surface area (Å²) >= 11 is 0. The van der Waals surface area contributed by atoms with E-state index in [2.05, 4.69) is 16.0 Å². The Morgan fingerprint density at radius 3 is 2.06 bits per heavy atom. The molecule has 0 bridgehead atoms. The third-order valence-electron chi connectivity index (χ3n) is 2.19. The molecule has 0 aromatic heterocycles. The second-order valence-corrected chi connectivity index (χ2v) is 3.70. The van der Waals surface area contributed by atoms with Gasteiger partial charge in [-0.25, -0.2) is 0 Å². The number of nitrogens with one attached hydrogen (secondary N) is 3. The normalized spacial score (nSPS) is 21.1. The number of amides is 2. The van der Waals surface area contributed by atoms with Crippen molar-refractivity contribution >= 4 is 17.6 Å². The second-order valence-electron chi connectivity index (χ2n) is 3.70. The smallest absolute Gasteiger partial charge is 0.227 e. The SMILES string of the molecule is O=C1CC(=O)NCCCNCCNC(=O)C1. The predicted molar refractivity (Wildman–Crippen MR) is 57.7 cm³/mol. The zero-order chi connectivity index (χ0) is 11.8. The zero-order valence-corrected chi connectivity index (χ0v) is 9.17. The van der Waals surface area contributed by atoms with E-state index in [0.29, 0.717) is 19.6 Å². The number of Topliss-reactive ketones (excluding diaryl/α,β-unsaturated/α-hetero) is 1. The summed E-state index contributed by atoms with van der Waals surface area (Å²) in [4.78, 5) is 33.7. The van der Waals surface area contributed by atoms with Crippen LogP contribution in [0.1, 0.15) is 19.3 Å². The lowest BCUT2D eigenvalue weighted by Gasteiger charge is -2.05. The maximum atomic E-state index is 11.3. The van der Waals surface area contributed by atoms with Crippen LogP contribution in [0.2, 0.25) is 0 Å². The first-order valence-corrected chi connectivity index (χ1v) is 5.44. The largest absolute Gasteiger partial charge is 0.356 e. The van der Waals surface area contributed by atoms with E-state index < -0.39 is 0 Å². The number of rotatable bonds is 0. The quantitative estimate of drug-likeness (QED) is 0.442. The number of carbonyl (C=O) groups excluding carboxylic acids is 3. The molecule has 2 amide bonds. The molecule has 90 valence electrons. The average Bonchev–Trinajstić information content (AvgIpc) is 2.21. The lowest BCUT2D eigenvalue weighted by molar-refractivity contribution is -0.131. The first-order valence-electron chi connectivity index (χ1n) is 5.44. The molecule has 6 nitrogen and oxygen atoms in total. The Kier molecular flexibility index (Phi) is 5.49. The Morgan fingerprint density at radius 2 is 1.38 bits per heavy atom. The van der Waals surface area contributed by atoms with Crippen molar-refractivity contribution in [2.45, 2.75) is 19.3 Å². The Hall–Kier alpha value is -1.43. The molecule has 1 fully saturated rings. The summed E-state index contributed by atoms with van der Waals surface area (Å²) in [5.41, 5.74) is 0. The maximum absolute atomic E-state index is 11.3. The van der Waals surface area contributed by atoms with Crippen LogP contribution in [0.5, 0.6) is 0 Å². The molecule has 0 atom stereocenters. The monoisotopic (exact) mass is 227 g/mol. The molecule has 1 aliphatic heterocycles. The minimum Gasteiger partial charge on any atom is -0.356 e. The van der Waals surface area contributed by atoms with Gasteiger partial charge in [0.15, 0.2) is 5.78 Å². The van der Waals surface area contributed by atoms with E-state index in [1.165, 1.54) is 0 Å². The van der Waals surface area contributed by atoms with E-state index in [4.69, 9.17) is 0 Å². The predicted octanol–water partition coefficient (Wildman–Crippen LogP) is -1.44. The van der Waals surface area contributed by atoms with E-state index in [0.717, 1.165) is 13.0 Å². The van der Waals surface area contributed by atoms with Gasteiger partial charge in [-0.1, -0.05) is 0 Å². The van der Waals surface area contributed by atoms with Crippen LogP contribution in [0.25, 0.3) is 0 Å². The van der Waals surface area contributed by atoms with Gasteiger partial charge in [0.25, 0.3) is 0 Å². The number of hydrogen-bond acceptors (Lipinski definition) is 4. The highest BCUT2D eigenvalue weighted by atomic mass is 16.2. The number of ketones is 1. The van der Waals surface area contributed by atoms with Crippen molar-refractivity contribution in [3.05, 3.63) is 0 Å². The molecule has 0 radical (unpaired) electrons. The van der Waals surface area contributed by atoms with Crippen molar-refractivity contribution in [2.75, 3.05) is 26.2 Å². The van der Waals surface area contributed by atoms with Gasteiger partial charge in [-0.2, -0.15) is 0 Å². The molecule has 0 saturated carbocycles. The van der Waals surface area contributed by atoms with E-state index in [1.54, 1.807) is 0 Å². The van der Waals surface area contributed by atoms with Crippen LogP contribution in [0.15, 0.2) is 0 Å². The van der Waals surface area contributed by atoms with Gasteiger partial charge in [0, 0.05) is 19.6 Å². The average molecular weight is 227 g/mol. The lowest BCUT2D eigenvalue weighted by Crippen LogP contribution is -2.33.